The molecular formula is C17H27N5O. The molecular weight excluding hydrogens is 290 g/mol. The molecule has 0 saturated carbocycles. The fourth-order valence-electron chi connectivity index (χ4n) is 3.33. The summed E-state index contributed by atoms with van der Waals surface area (Å²) in [6.45, 7) is 7.02. The summed E-state index contributed by atoms with van der Waals surface area (Å²) in [4.78, 5) is 21.4. The van der Waals surface area contributed by atoms with E-state index in [2.05, 4.69) is 33.9 Å². The van der Waals surface area contributed by atoms with Crippen molar-refractivity contribution in [1.82, 2.24) is 14.7 Å². The highest BCUT2D eigenvalue weighted by Gasteiger charge is 2.24. The minimum atomic E-state index is 0.263. The average molecular weight is 317 g/mol. The quantitative estimate of drug-likeness (QED) is 0.824. The molecule has 126 valence electrons. The molecule has 3 rings (SSSR count). The van der Waals surface area contributed by atoms with E-state index in [1.165, 1.54) is 5.69 Å². The molecule has 0 bridgehead atoms. The van der Waals surface area contributed by atoms with Gasteiger partial charge in [0, 0.05) is 50.6 Å². The largest absolute Gasteiger partial charge is 0.399 e. The first-order valence-corrected chi connectivity index (χ1v) is 8.41. The molecule has 1 amide bonds. The van der Waals surface area contributed by atoms with E-state index in [4.69, 9.17) is 5.73 Å². The van der Waals surface area contributed by atoms with Crippen LogP contribution >= 0.6 is 0 Å². The van der Waals surface area contributed by atoms with Gasteiger partial charge in [0.2, 0.25) is 5.91 Å². The summed E-state index contributed by atoms with van der Waals surface area (Å²) in [6.07, 6.45) is 1.01. The molecule has 0 unspecified atom stereocenters. The van der Waals surface area contributed by atoms with Crippen LogP contribution in [-0.4, -0.2) is 80.1 Å². The number of anilines is 2. The second-order valence-electron chi connectivity index (χ2n) is 6.59. The fourth-order valence-corrected chi connectivity index (χ4v) is 3.33. The molecule has 1 aromatic rings. The van der Waals surface area contributed by atoms with Gasteiger partial charge in [-0.2, -0.15) is 0 Å². The lowest BCUT2D eigenvalue weighted by atomic mass is 10.2. The zero-order valence-electron chi connectivity index (χ0n) is 13.9. The number of carbonyl (C=O) groups excluding carboxylic acids is 1. The van der Waals surface area contributed by atoms with Crippen LogP contribution in [-0.2, 0) is 4.79 Å². The number of hydrogen-bond donors (Lipinski definition) is 1. The summed E-state index contributed by atoms with van der Waals surface area (Å²) >= 11 is 0. The van der Waals surface area contributed by atoms with Crippen molar-refractivity contribution in [3.05, 3.63) is 24.3 Å². The van der Waals surface area contributed by atoms with E-state index in [-0.39, 0.29) is 5.91 Å². The smallest absolute Gasteiger partial charge is 0.236 e. The van der Waals surface area contributed by atoms with Gasteiger partial charge in [-0.1, -0.05) is 0 Å². The fraction of sp³-hybridized carbons (Fsp3) is 0.588. The Morgan fingerprint density at radius 2 is 1.83 bits per heavy atom. The van der Waals surface area contributed by atoms with Crippen molar-refractivity contribution >= 4 is 17.3 Å². The van der Waals surface area contributed by atoms with Crippen LogP contribution < -0.4 is 10.6 Å². The van der Waals surface area contributed by atoms with Gasteiger partial charge in [-0.3, -0.25) is 14.6 Å². The molecule has 1 aromatic carbocycles. The van der Waals surface area contributed by atoms with Crippen molar-refractivity contribution in [2.75, 3.05) is 70.2 Å². The highest BCUT2D eigenvalue weighted by molar-refractivity contribution is 5.78. The van der Waals surface area contributed by atoms with E-state index in [9.17, 15) is 4.79 Å². The highest BCUT2D eigenvalue weighted by Crippen LogP contribution is 2.18. The topological polar surface area (TPSA) is 56.0 Å². The van der Waals surface area contributed by atoms with Gasteiger partial charge in [-0.05, 0) is 37.7 Å². The van der Waals surface area contributed by atoms with Gasteiger partial charge in [0.1, 0.15) is 0 Å². The summed E-state index contributed by atoms with van der Waals surface area (Å²) in [6, 6.07) is 8.00. The van der Waals surface area contributed by atoms with Gasteiger partial charge >= 0.3 is 0 Å². The van der Waals surface area contributed by atoms with Gasteiger partial charge in [-0.25, -0.2) is 0 Å². The molecule has 6 nitrogen and oxygen atoms in total. The average Bonchev–Trinajstić information content (AvgIpc) is 2.80. The van der Waals surface area contributed by atoms with E-state index in [1.54, 1.807) is 0 Å². The number of rotatable bonds is 3. The summed E-state index contributed by atoms with van der Waals surface area (Å²) in [5.74, 6) is 0.263. The SMILES string of the molecule is CN1CCN(CC(=O)N2CCCN(c3ccc(N)cc3)CC2)C1. The lowest BCUT2D eigenvalue weighted by Gasteiger charge is -2.25. The maximum absolute atomic E-state index is 12.5. The van der Waals surface area contributed by atoms with Crippen LogP contribution in [0, 0.1) is 0 Å². The van der Waals surface area contributed by atoms with Gasteiger partial charge in [-0.15, -0.1) is 0 Å². The number of hydrogen-bond acceptors (Lipinski definition) is 5. The van der Waals surface area contributed by atoms with E-state index < -0.39 is 0 Å². The summed E-state index contributed by atoms with van der Waals surface area (Å²) < 4.78 is 0. The van der Waals surface area contributed by atoms with Crippen molar-refractivity contribution in [3.63, 3.8) is 0 Å². The van der Waals surface area contributed by atoms with Crippen LogP contribution in [0.25, 0.3) is 0 Å². The van der Waals surface area contributed by atoms with Crippen LogP contribution in [0.1, 0.15) is 6.42 Å². The lowest BCUT2D eigenvalue weighted by molar-refractivity contribution is -0.132. The first kappa shape index (κ1) is 16.1. The number of benzene rings is 1. The number of nitrogens with two attached hydrogens (primary N) is 1. The summed E-state index contributed by atoms with van der Waals surface area (Å²) in [7, 11) is 2.10. The molecule has 0 radical (unpaired) electrons. The van der Waals surface area contributed by atoms with Crippen LogP contribution in [0.2, 0.25) is 0 Å². The first-order valence-electron chi connectivity index (χ1n) is 8.41. The van der Waals surface area contributed by atoms with Gasteiger partial charge in [0.05, 0.1) is 13.2 Å². The van der Waals surface area contributed by atoms with Gasteiger partial charge in [0.25, 0.3) is 0 Å². The highest BCUT2D eigenvalue weighted by atomic mass is 16.2. The molecule has 2 aliphatic rings. The molecule has 0 aromatic heterocycles. The van der Waals surface area contributed by atoms with Gasteiger partial charge < -0.3 is 15.5 Å². The summed E-state index contributed by atoms with van der Waals surface area (Å²) in [5, 5.41) is 0. The zero-order valence-corrected chi connectivity index (χ0v) is 13.9. The molecule has 0 aliphatic carbocycles. The minimum Gasteiger partial charge on any atom is -0.399 e. The van der Waals surface area contributed by atoms with Crippen LogP contribution in [0.15, 0.2) is 24.3 Å². The van der Waals surface area contributed by atoms with Crippen molar-refractivity contribution in [3.8, 4) is 0 Å². The molecule has 2 fully saturated rings. The Labute approximate surface area is 138 Å². The predicted molar refractivity (Wildman–Crippen MR) is 93.3 cm³/mol. The minimum absolute atomic E-state index is 0.263. The van der Waals surface area contributed by atoms with Crippen molar-refractivity contribution in [2.24, 2.45) is 0 Å². The maximum Gasteiger partial charge on any atom is 0.236 e. The standard InChI is InChI=1S/C17H27N5O/c1-19-9-10-20(14-19)13-17(23)22-8-2-7-21(11-12-22)16-5-3-15(18)4-6-16/h3-6H,2,7-14,18H2,1H3. The molecule has 2 heterocycles. The molecule has 2 saturated heterocycles. The van der Waals surface area contributed by atoms with E-state index in [0.717, 1.165) is 58.0 Å². The second-order valence-corrected chi connectivity index (χ2v) is 6.59. The number of carbonyl (C=O) groups is 1. The predicted octanol–water partition coefficient (Wildman–Crippen LogP) is 0.512. The number of likely N-dealkylation sites (N-methyl/N-ethyl adjacent to an activating group) is 1. The monoisotopic (exact) mass is 317 g/mol. The van der Waals surface area contributed by atoms with E-state index in [1.807, 2.05) is 17.0 Å². The van der Waals surface area contributed by atoms with Gasteiger partial charge in [0.15, 0.2) is 0 Å². The van der Waals surface area contributed by atoms with E-state index >= 15 is 0 Å². The zero-order chi connectivity index (χ0) is 16.2. The molecule has 6 heteroatoms. The summed E-state index contributed by atoms with van der Waals surface area (Å²) in [5.41, 5.74) is 7.73. The first-order chi connectivity index (χ1) is 11.1. The molecule has 2 N–H and O–H groups in total. The lowest BCUT2D eigenvalue weighted by Crippen LogP contribution is -2.41. The number of nitrogen functional groups attached to an aromatic ring is 1. The van der Waals surface area contributed by atoms with Crippen molar-refractivity contribution < 1.29 is 4.79 Å². The molecule has 0 spiro atoms. The Bertz CT molecular complexity index is 532. The number of nitrogens with zero attached hydrogens (tertiary/aromatic N) is 4. The third-order valence-electron chi connectivity index (χ3n) is 4.71. The second kappa shape index (κ2) is 7.19. The van der Waals surface area contributed by atoms with Crippen LogP contribution in [0.5, 0.6) is 0 Å². The molecule has 0 atom stereocenters. The Morgan fingerprint density at radius 3 is 2.52 bits per heavy atom. The Morgan fingerprint density at radius 1 is 1.04 bits per heavy atom. The maximum atomic E-state index is 12.5. The van der Waals surface area contributed by atoms with Crippen LogP contribution in [0.4, 0.5) is 11.4 Å². The number of amides is 1. The van der Waals surface area contributed by atoms with Crippen molar-refractivity contribution in [1.29, 1.82) is 0 Å². The third kappa shape index (κ3) is 4.14. The normalized spacial score (nSPS) is 20.7. The van der Waals surface area contributed by atoms with Crippen LogP contribution in [0.3, 0.4) is 0 Å². The molecule has 2 aliphatic heterocycles. The Balaban J connectivity index is 1.53. The third-order valence-corrected chi connectivity index (χ3v) is 4.71. The Hall–Kier alpha value is -1.79. The van der Waals surface area contributed by atoms with E-state index in [0.29, 0.717) is 6.54 Å². The Kier molecular flexibility index (Phi) is 5.03. The van der Waals surface area contributed by atoms with Crippen molar-refractivity contribution in [2.45, 2.75) is 6.42 Å². The molecule has 23 heavy (non-hydrogen) atoms.